The Morgan fingerprint density at radius 3 is 2.27 bits per heavy atom. The lowest BCUT2D eigenvalue weighted by Crippen LogP contribution is -2.45. The van der Waals surface area contributed by atoms with Crippen molar-refractivity contribution in [2.24, 2.45) is 0 Å². The Kier molecular flexibility index (Phi) is 8.88. The second-order valence-electron chi connectivity index (χ2n) is 8.57. The van der Waals surface area contributed by atoms with Crippen LogP contribution in [0.5, 0.6) is 0 Å². The average Bonchev–Trinajstić information content (AvgIpc) is 3.30. The monoisotopic (exact) mass is 527 g/mol. The number of hydrogen-bond donors (Lipinski definition) is 0. The molecule has 1 amide bonds. The van der Waals surface area contributed by atoms with Crippen molar-refractivity contribution in [3.63, 3.8) is 0 Å². The van der Waals surface area contributed by atoms with Gasteiger partial charge in [0.25, 0.3) is 0 Å². The lowest BCUT2D eigenvalue weighted by atomic mass is 10.0. The third kappa shape index (κ3) is 7.50. The normalized spacial score (nSPS) is 12.0. The molecule has 0 saturated heterocycles. The van der Waals surface area contributed by atoms with Crippen molar-refractivity contribution < 1.29 is 35.7 Å². The van der Waals surface area contributed by atoms with Crippen LogP contribution < -0.4 is 4.90 Å². The maximum Gasteiger partial charge on any atom is 0.471 e. The summed E-state index contributed by atoms with van der Waals surface area (Å²) in [5.41, 5.74) is 1.93. The zero-order valence-corrected chi connectivity index (χ0v) is 20.4. The van der Waals surface area contributed by atoms with Gasteiger partial charge in [0.1, 0.15) is 0 Å². The molecule has 0 aliphatic heterocycles. The molecule has 0 aliphatic carbocycles. The molecule has 0 aliphatic rings. The van der Waals surface area contributed by atoms with Gasteiger partial charge in [-0.05, 0) is 56.5 Å². The Morgan fingerprint density at radius 2 is 1.68 bits per heavy atom. The van der Waals surface area contributed by atoms with Gasteiger partial charge in [-0.15, -0.1) is 0 Å². The number of halogens is 6. The molecule has 0 unspecified atom stereocenters. The number of benzene rings is 2. The number of amides is 1. The minimum absolute atomic E-state index is 0.129. The van der Waals surface area contributed by atoms with E-state index in [1.54, 1.807) is 0 Å². The SMILES string of the molecule is CCN(CCN(CCCc1cnoc1-c1ccc(C(F)(F)F)cc1)C(=O)C(F)(F)F)c1cccc(C)c1. The number of carbonyl (C=O) groups excluding carboxylic acids is 1. The molecule has 0 bridgehead atoms. The van der Waals surface area contributed by atoms with Crippen LogP contribution in [0.15, 0.2) is 59.3 Å². The van der Waals surface area contributed by atoms with Crippen LogP contribution in [0.1, 0.15) is 30.0 Å². The van der Waals surface area contributed by atoms with Crippen molar-refractivity contribution in [2.75, 3.05) is 31.1 Å². The number of hydrogen-bond acceptors (Lipinski definition) is 4. The third-order valence-corrected chi connectivity index (χ3v) is 5.91. The number of nitrogens with zero attached hydrogens (tertiary/aromatic N) is 3. The van der Waals surface area contributed by atoms with E-state index < -0.39 is 23.8 Å². The van der Waals surface area contributed by atoms with Gasteiger partial charge in [0.15, 0.2) is 5.76 Å². The van der Waals surface area contributed by atoms with E-state index in [-0.39, 0.29) is 38.2 Å². The Morgan fingerprint density at radius 1 is 0.973 bits per heavy atom. The first-order valence-electron chi connectivity index (χ1n) is 11.7. The summed E-state index contributed by atoms with van der Waals surface area (Å²) in [7, 11) is 0. The Labute approximate surface area is 210 Å². The molecular weight excluding hydrogens is 500 g/mol. The standard InChI is InChI=1S/C26H27F6N3O2/c1-3-34(22-8-4-6-18(2)16-22)14-15-35(24(36)26(30,31)32)13-5-7-20-17-33-37-23(20)19-9-11-21(12-10-19)25(27,28)29/h4,6,8-12,16-17H,3,5,7,13-15H2,1-2H3. The highest BCUT2D eigenvalue weighted by molar-refractivity contribution is 5.81. The predicted octanol–water partition coefficient (Wildman–Crippen LogP) is 6.52. The highest BCUT2D eigenvalue weighted by Crippen LogP contribution is 2.32. The van der Waals surface area contributed by atoms with E-state index in [1.165, 1.54) is 18.3 Å². The van der Waals surface area contributed by atoms with Crippen LogP contribution >= 0.6 is 0 Å². The van der Waals surface area contributed by atoms with Crippen LogP contribution in [-0.2, 0) is 17.4 Å². The molecule has 0 N–H and O–H groups in total. The van der Waals surface area contributed by atoms with Gasteiger partial charge in [-0.1, -0.05) is 29.4 Å². The second-order valence-corrected chi connectivity index (χ2v) is 8.57. The summed E-state index contributed by atoms with van der Waals surface area (Å²) in [4.78, 5) is 14.8. The molecule has 200 valence electrons. The van der Waals surface area contributed by atoms with Crippen molar-refractivity contribution in [3.05, 3.63) is 71.4 Å². The summed E-state index contributed by atoms with van der Waals surface area (Å²) in [6.45, 7) is 4.27. The lowest BCUT2D eigenvalue weighted by molar-refractivity contribution is -0.185. The van der Waals surface area contributed by atoms with Crippen molar-refractivity contribution in [1.82, 2.24) is 10.1 Å². The highest BCUT2D eigenvalue weighted by Gasteiger charge is 2.42. The number of aryl methyl sites for hydroxylation is 2. The zero-order chi connectivity index (χ0) is 27.2. The topological polar surface area (TPSA) is 49.6 Å². The molecule has 0 atom stereocenters. The number of aromatic nitrogens is 1. The summed E-state index contributed by atoms with van der Waals surface area (Å²) in [5.74, 6) is -1.68. The van der Waals surface area contributed by atoms with E-state index in [9.17, 15) is 31.1 Å². The fraction of sp³-hybridized carbons (Fsp3) is 0.385. The van der Waals surface area contributed by atoms with Gasteiger partial charge < -0.3 is 14.3 Å². The molecule has 0 spiro atoms. The van der Waals surface area contributed by atoms with Crippen LogP contribution in [0.2, 0.25) is 0 Å². The van der Waals surface area contributed by atoms with Crippen molar-refractivity contribution in [3.8, 4) is 11.3 Å². The molecule has 2 aromatic carbocycles. The molecule has 1 aromatic heterocycles. The smallest absolute Gasteiger partial charge is 0.370 e. The first-order valence-corrected chi connectivity index (χ1v) is 11.7. The number of alkyl halides is 6. The van der Waals surface area contributed by atoms with Crippen LogP contribution in [-0.4, -0.2) is 48.3 Å². The summed E-state index contributed by atoms with van der Waals surface area (Å²) in [6.07, 6.45) is -7.73. The van der Waals surface area contributed by atoms with E-state index in [4.69, 9.17) is 4.52 Å². The zero-order valence-electron chi connectivity index (χ0n) is 20.4. The maximum atomic E-state index is 13.3. The number of carbonyl (C=O) groups is 1. The van der Waals surface area contributed by atoms with Crippen LogP contribution in [0.25, 0.3) is 11.3 Å². The quantitative estimate of drug-likeness (QED) is 0.282. The van der Waals surface area contributed by atoms with Crippen molar-refractivity contribution in [1.29, 1.82) is 0 Å². The fourth-order valence-electron chi connectivity index (χ4n) is 3.98. The van der Waals surface area contributed by atoms with Crippen molar-refractivity contribution >= 4 is 11.6 Å². The summed E-state index contributed by atoms with van der Waals surface area (Å²) >= 11 is 0. The molecule has 0 saturated carbocycles. The summed E-state index contributed by atoms with van der Waals surface area (Å²) in [6, 6.07) is 11.9. The number of rotatable bonds is 10. The first kappa shape index (κ1) is 28.1. The predicted molar refractivity (Wildman–Crippen MR) is 127 cm³/mol. The van der Waals surface area contributed by atoms with Gasteiger partial charge in [-0.2, -0.15) is 26.3 Å². The van der Waals surface area contributed by atoms with E-state index in [0.29, 0.717) is 17.7 Å². The van der Waals surface area contributed by atoms with Crippen molar-refractivity contribution in [2.45, 2.75) is 39.0 Å². The molecule has 11 heteroatoms. The fourth-order valence-corrected chi connectivity index (χ4v) is 3.98. The van der Waals surface area contributed by atoms with Crippen LogP contribution in [0, 0.1) is 6.92 Å². The molecular formula is C26H27F6N3O2. The van der Waals surface area contributed by atoms with E-state index in [2.05, 4.69) is 5.16 Å². The van der Waals surface area contributed by atoms with E-state index >= 15 is 0 Å². The largest absolute Gasteiger partial charge is 0.471 e. The van der Waals surface area contributed by atoms with Gasteiger partial charge in [-0.3, -0.25) is 4.79 Å². The second kappa shape index (κ2) is 11.7. The lowest BCUT2D eigenvalue weighted by Gasteiger charge is -2.29. The van der Waals surface area contributed by atoms with Crippen LogP contribution in [0.4, 0.5) is 32.0 Å². The molecule has 37 heavy (non-hydrogen) atoms. The molecule has 0 fully saturated rings. The molecule has 1 heterocycles. The van der Waals surface area contributed by atoms with Gasteiger partial charge in [0.05, 0.1) is 11.8 Å². The average molecular weight is 528 g/mol. The Bertz CT molecular complexity index is 1170. The van der Waals surface area contributed by atoms with Gasteiger partial charge in [0.2, 0.25) is 0 Å². The highest BCUT2D eigenvalue weighted by atomic mass is 19.4. The summed E-state index contributed by atoms with van der Waals surface area (Å²) < 4.78 is 83.5. The Hall–Kier alpha value is -3.50. The molecule has 5 nitrogen and oxygen atoms in total. The van der Waals surface area contributed by atoms with Gasteiger partial charge in [0, 0.05) is 43.0 Å². The van der Waals surface area contributed by atoms with E-state index in [0.717, 1.165) is 28.3 Å². The minimum Gasteiger partial charge on any atom is -0.370 e. The van der Waals surface area contributed by atoms with Crippen LogP contribution in [0.3, 0.4) is 0 Å². The molecule has 3 rings (SSSR count). The van der Waals surface area contributed by atoms with Gasteiger partial charge in [-0.25, -0.2) is 0 Å². The first-order chi connectivity index (χ1) is 17.4. The molecule has 3 aromatic rings. The summed E-state index contributed by atoms with van der Waals surface area (Å²) in [5, 5.41) is 3.69. The number of likely N-dealkylation sites (N-methyl/N-ethyl adjacent to an activating group) is 1. The Balaban J connectivity index is 1.67. The van der Waals surface area contributed by atoms with E-state index in [1.807, 2.05) is 43.0 Å². The third-order valence-electron chi connectivity index (χ3n) is 5.91. The maximum absolute atomic E-state index is 13.3. The van der Waals surface area contributed by atoms with Gasteiger partial charge >= 0.3 is 18.3 Å². The molecule has 0 radical (unpaired) electrons. The minimum atomic E-state index is -5.01. The number of anilines is 1.